The Morgan fingerprint density at radius 3 is 2.67 bits per heavy atom. The Balaban J connectivity index is 2.62. The van der Waals surface area contributed by atoms with E-state index in [0.29, 0.717) is 27.3 Å². The number of fused-ring (bicyclic) bond motifs is 1. The normalized spacial score (nSPS) is 10.7. The van der Waals surface area contributed by atoms with E-state index in [4.69, 9.17) is 32.7 Å². The highest BCUT2D eigenvalue weighted by Crippen LogP contribution is 2.43. The lowest BCUT2D eigenvalue weighted by Gasteiger charge is -2.02. The van der Waals surface area contributed by atoms with Crippen LogP contribution in [0.2, 0.25) is 10.0 Å². The van der Waals surface area contributed by atoms with Crippen molar-refractivity contribution in [3.63, 3.8) is 0 Å². The fraction of sp³-hybridized carbons (Fsp3) is 0.250. The second kappa shape index (κ2) is 5.34. The zero-order chi connectivity index (χ0) is 13.3. The molecule has 0 saturated carbocycles. The van der Waals surface area contributed by atoms with Crippen molar-refractivity contribution >= 4 is 50.6 Å². The maximum absolute atomic E-state index is 11.7. The summed E-state index contributed by atoms with van der Waals surface area (Å²) in [4.78, 5) is 12.1. The lowest BCUT2D eigenvalue weighted by atomic mass is 10.2. The van der Waals surface area contributed by atoms with Crippen molar-refractivity contribution in [1.29, 1.82) is 0 Å². The van der Waals surface area contributed by atoms with Gasteiger partial charge in [-0.2, -0.15) is 0 Å². The van der Waals surface area contributed by atoms with E-state index in [9.17, 15) is 4.79 Å². The number of halogens is 2. The summed E-state index contributed by atoms with van der Waals surface area (Å²) in [6.45, 7) is 2.05. The Morgan fingerprint density at radius 1 is 1.33 bits per heavy atom. The van der Waals surface area contributed by atoms with E-state index < -0.39 is 5.97 Å². The Bertz CT molecular complexity index is 607. The third kappa shape index (κ3) is 2.16. The molecule has 2 rings (SSSR count). The van der Waals surface area contributed by atoms with Crippen molar-refractivity contribution in [3.8, 4) is 5.75 Å². The van der Waals surface area contributed by atoms with E-state index in [1.807, 2.05) is 0 Å². The van der Waals surface area contributed by atoms with Gasteiger partial charge in [0.1, 0.15) is 15.6 Å². The van der Waals surface area contributed by atoms with Gasteiger partial charge < -0.3 is 9.47 Å². The third-order valence-corrected chi connectivity index (χ3v) is 4.58. The minimum Gasteiger partial charge on any atom is -0.495 e. The van der Waals surface area contributed by atoms with Gasteiger partial charge in [0.2, 0.25) is 0 Å². The van der Waals surface area contributed by atoms with Gasteiger partial charge in [-0.05, 0) is 19.1 Å². The molecule has 0 saturated heterocycles. The van der Waals surface area contributed by atoms with Gasteiger partial charge in [-0.3, -0.25) is 0 Å². The first-order valence-electron chi connectivity index (χ1n) is 5.21. The molecule has 0 radical (unpaired) electrons. The SMILES string of the molecule is CCOC(=O)c1sc2c(Cl)c(OC)ccc2c1Cl. The number of esters is 1. The zero-order valence-electron chi connectivity index (χ0n) is 9.75. The summed E-state index contributed by atoms with van der Waals surface area (Å²) < 4.78 is 10.8. The molecule has 1 aromatic heterocycles. The lowest BCUT2D eigenvalue weighted by Crippen LogP contribution is -2.02. The number of ether oxygens (including phenoxy) is 2. The van der Waals surface area contributed by atoms with Crippen LogP contribution in [0.25, 0.3) is 10.1 Å². The quantitative estimate of drug-likeness (QED) is 0.789. The van der Waals surface area contributed by atoms with E-state index in [-0.39, 0.29) is 0 Å². The van der Waals surface area contributed by atoms with Crippen LogP contribution in [-0.4, -0.2) is 19.7 Å². The minimum atomic E-state index is -0.432. The van der Waals surface area contributed by atoms with E-state index in [2.05, 4.69) is 0 Å². The molecule has 0 unspecified atom stereocenters. The van der Waals surface area contributed by atoms with Crippen LogP contribution in [0.4, 0.5) is 0 Å². The summed E-state index contributed by atoms with van der Waals surface area (Å²) in [5.41, 5.74) is 0. The van der Waals surface area contributed by atoms with Crippen LogP contribution in [0.5, 0.6) is 5.75 Å². The predicted octanol–water partition coefficient (Wildman–Crippen LogP) is 4.39. The average molecular weight is 305 g/mol. The van der Waals surface area contributed by atoms with Crippen molar-refractivity contribution in [2.24, 2.45) is 0 Å². The number of methoxy groups -OCH3 is 1. The minimum absolute atomic E-state index is 0.306. The second-order valence-corrected chi connectivity index (χ2v) is 5.20. The number of rotatable bonds is 3. The van der Waals surface area contributed by atoms with Gasteiger partial charge in [-0.15, -0.1) is 11.3 Å². The van der Waals surface area contributed by atoms with Gasteiger partial charge in [0.25, 0.3) is 0 Å². The number of carbonyl (C=O) groups is 1. The van der Waals surface area contributed by atoms with E-state index in [1.165, 1.54) is 18.4 Å². The van der Waals surface area contributed by atoms with Crippen molar-refractivity contribution in [2.45, 2.75) is 6.92 Å². The van der Waals surface area contributed by atoms with Crippen LogP contribution >= 0.6 is 34.5 Å². The number of hydrogen-bond donors (Lipinski definition) is 0. The maximum atomic E-state index is 11.7. The van der Waals surface area contributed by atoms with Crippen LogP contribution in [0.15, 0.2) is 12.1 Å². The number of benzene rings is 1. The van der Waals surface area contributed by atoms with Crippen molar-refractivity contribution in [2.75, 3.05) is 13.7 Å². The summed E-state index contributed by atoms with van der Waals surface area (Å²) >= 11 is 13.6. The Kier molecular flexibility index (Phi) is 4.00. The molecule has 96 valence electrons. The molecule has 0 N–H and O–H groups in total. The molecule has 3 nitrogen and oxygen atoms in total. The molecule has 0 aliphatic carbocycles. The molecule has 0 amide bonds. The smallest absolute Gasteiger partial charge is 0.349 e. The number of thiophene rings is 1. The summed E-state index contributed by atoms with van der Waals surface area (Å²) in [5, 5.41) is 1.56. The highest BCUT2D eigenvalue weighted by Gasteiger charge is 2.20. The fourth-order valence-corrected chi connectivity index (χ4v) is 3.35. The van der Waals surface area contributed by atoms with Crippen LogP contribution in [-0.2, 0) is 4.74 Å². The van der Waals surface area contributed by atoms with E-state index in [0.717, 1.165) is 10.1 Å². The number of carbonyl (C=O) groups excluding carboxylic acids is 1. The van der Waals surface area contributed by atoms with Crippen LogP contribution in [0.1, 0.15) is 16.6 Å². The molecule has 0 fully saturated rings. The Hall–Kier alpha value is -0.970. The second-order valence-electron chi connectivity index (χ2n) is 3.42. The molecule has 0 spiro atoms. The molecule has 1 aromatic carbocycles. The zero-order valence-corrected chi connectivity index (χ0v) is 12.1. The highest BCUT2D eigenvalue weighted by atomic mass is 35.5. The topological polar surface area (TPSA) is 35.5 Å². The molecular formula is C12H10Cl2O3S. The molecular weight excluding hydrogens is 295 g/mol. The van der Waals surface area contributed by atoms with E-state index >= 15 is 0 Å². The monoisotopic (exact) mass is 304 g/mol. The molecule has 0 aliphatic heterocycles. The van der Waals surface area contributed by atoms with Gasteiger partial charge in [0.15, 0.2) is 0 Å². The van der Waals surface area contributed by atoms with Gasteiger partial charge in [0, 0.05) is 5.39 Å². The molecule has 2 aromatic rings. The largest absolute Gasteiger partial charge is 0.495 e. The van der Waals surface area contributed by atoms with Gasteiger partial charge in [-0.25, -0.2) is 4.79 Å². The first-order valence-corrected chi connectivity index (χ1v) is 6.79. The fourth-order valence-electron chi connectivity index (χ4n) is 1.57. The van der Waals surface area contributed by atoms with Crippen LogP contribution < -0.4 is 4.74 Å². The molecule has 0 bridgehead atoms. The van der Waals surface area contributed by atoms with E-state index in [1.54, 1.807) is 19.1 Å². The molecule has 0 aliphatic rings. The highest BCUT2D eigenvalue weighted by molar-refractivity contribution is 7.22. The molecule has 1 heterocycles. The third-order valence-electron chi connectivity index (χ3n) is 2.38. The van der Waals surface area contributed by atoms with Gasteiger partial charge in [0.05, 0.1) is 23.4 Å². The predicted molar refractivity (Wildman–Crippen MR) is 74.4 cm³/mol. The summed E-state index contributed by atoms with van der Waals surface area (Å²) in [6, 6.07) is 3.50. The number of hydrogen-bond acceptors (Lipinski definition) is 4. The van der Waals surface area contributed by atoms with Gasteiger partial charge in [-0.1, -0.05) is 23.2 Å². The lowest BCUT2D eigenvalue weighted by molar-refractivity contribution is 0.0532. The Morgan fingerprint density at radius 2 is 2.06 bits per heavy atom. The first-order chi connectivity index (χ1) is 8.60. The summed E-state index contributed by atoms with van der Waals surface area (Å²) in [6.07, 6.45) is 0. The molecule has 18 heavy (non-hydrogen) atoms. The van der Waals surface area contributed by atoms with Crippen LogP contribution in [0, 0.1) is 0 Å². The first kappa shape index (κ1) is 13.5. The summed E-state index contributed by atoms with van der Waals surface area (Å²) in [7, 11) is 1.54. The maximum Gasteiger partial charge on any atom is 0.349 e. The average Bonchev–Trinajstić information content (AvgIpc) is 2.69. The molecule has 6 heteroatoms. The summed E-state index contributed by atoms with van der Waals surface area (Å²) in [5.74, 6) is 0.122. The van der Waals surface area contributed by atoms with Crippen LogP contribution in [0.3, 0.4) is 0 Å². The Labute approximate surface area is 118 Å². The van der Waals surface area contributed by atoms with Crippen molar-refractivity contribution in [1.82, 2.24) is 0 Å². The molecule has 0 atom stereocenters. The van der Waals surface area contributed by atoms with Crippen molar-refractivity contribution in [3.05, 3.63) is 27.1 Å². The standard InChI is InChI=1S/C12H10Cl2O3S/c1-3-17-12(15)11-8(13)6-4-5-7(16-2)9(14)10(6)18-11/h4-5H,3H2,1-2H3. The van der Waals surface area contributed by atoms with Crippen molar-refractivity contribution < 1.29 is 14.3 Å². The van der Waals surface area contributed by atoms with Gasteiger partial charge >= 0.3 is 5.97 Å².